The molecule has 0 bridgehead atoms. The highest BCUT2D eigenvalue weighted by Gasteiger charge is 2.33. The zero-order valence-electron chi connectivity index (χ0n) is 17.1. The summed E-state index contributed by atoms with van der Waals surface area (Å²) in [4.78, 5) is 0. The summed E-state index contributed by atoms with van der Waals surface area (Å²) in [6, 6.07) is 15.7. The molecule has 4 nitrogen and oxygen atoms in total. The molecule has 4 atom stereocenters. The van der Waals surface area contributed by atoms with E-state index in [9.17, 15) is 9.13 Å². The Hall–Kier alpha value is -1.76. The lowest BCUT2D eigenvalue weighted by Gasteiger charge is -2.08. The third-order valence-corrected chi connectivity index (χ3v) is 8.95. The fourth-order valence-electron chi connectivity index (χ4n) is 3.22. The van der Waals surface area contributed by atoms with Crippen LogP contribution in [-0.2, 0) is 22.0 Å². The number of ether oxygens (including phenoxy) is 2. The second-order valence-electron chi connectivity index (χ2n) is 7.01. The minimum atomic E-state index is -1.42. The van der Waals surface area contributed by atoms with Crippen molar-refractivity contribution < 1.29 is 18.6 Å². The lowest BCUT2D eigenvalue weighted by molar-refractivity contribution is 0.409. The Morgan fingerprint density at radius 1 is 0.714 bits per heavy atom. The first kappa shape index (κ1) is 22.5. The van der Waals surface area contributed by atoms with Crippen LogP contribution in [0.4, 0.5) is 0 Å². The van der Waals surface area contributed by atoms with Crippen LogP contribution >= 0.6 is 15.6 Å². The first-order valence-electron chi connectivity index (χ1n) is 9.57. The number of rotatable bonds is 11. The largest absolute Gasteiger partial charge is 0.496 e. The van der Waals surface area contributed by atoms with Gasteiger partial charge in [0.2, 0.25) is 0 Å². The van der Waals surface area contributed by atoms with Crippen molar-refractivity contribution in [2.75, 3.05) is 26.5 Å². The van der Waals surface area contributed by atoms with Crippen molar-refractivity contribution >= 4 is 15.6 Å². The third kappa shape index (κ3) is 6.40. The fourth-order valence-corrected chi connectivity index (χ4v) is 6.48. The molecule has 150 valence electrons. The highest BCUT2D eigenvalue weighted by molar-refractivity contribution is 7.49. The predicted molar refractivity (Wildman–Crippen MR) is 117 cm³/mol. The summed E-state index contributed by atoms with van der Waals surface area (Å²) in [5, 5.41) is 0. The monoisotopic (exact) mass is 420 g/mol. The van der Waals surface area contributed by atoms with Gasteiger partial charge < -0.3 is 9.47 Å². The van der Waals surface area contributed by atoms with Gasteiger partial charge in [0.15, 0.2) is 23.6 Å². The van der Waals surface area contributed by atoms with Crippen molar-refractivity contribution in [2.24, 2.45) is 0 Å². The average Bonchev–Trinajstić information content (AvgIpc) is 2.72. The molecule has 0 aliphatic heterocycles. The van der Waals surface area contributed by atoms with Gasteiger partial charge in [-0.2, -0.15) is 0 Å². The minimum Gasteiger partial charge on any atom is -0.496 e. The molecule has 0 saturated heterocycles. The molecular weight excluding hydrogens is 390 g/mol. The Kier molecular flexibility index (Phi) is 9.09. The number of benzene rings is 2. The zero-order chi connectivity index (χ0) is 20.5. The van der Waals surface area contributed by atoms with Crippen LogP contribution in [0.25, 0.3) is 0 Å². The van der Waals surface area contributed by atoms with Crippen molar-refractivity contribution in [3.8, 4) is 11.5 Å². The molecule has 0 saturated carbocycles. The maximum absolute atomic E-state index is 12.7. The molecule has 0 aliphatic carbocycles. The lowest BCUT2D eigenvalue weighted by Crippen LogP contribution is -2.08. The van der Waals surface area contributed by atoms with Crippen LogP contribution in [0.1, 0.15) is 25.0 Å². The van der Waals surface area contributed by atoms with E-state index in [2.05, 4.69) is 0 Å². The molecule has 2 rings (SSSR count). The van der Waals surface area contributed by atoms with Crippen LogP contribution in [0.3, 0.4) is 0 Å². The molecule has 0 heterocycles. The van der Waals surface area contributed by atoms with E-state index in [0.29, 0.717) is 25.2 Å². The van der Waals surface area contributed by atoms with Gasteiger partial charge in [0.05, 0.1) is 14.2 Å². The van der Waals surface area contributed by atoms with E-state index < -0.39 is 15.6 Å². The average molecular weight is 420 g/mol. The van der Waals surface area contributed by atoms with E-state index in [4.69, 9.17) is 9.47 Å². The van der Waals surface area contributed by atoms with Crippen LogP contribution < -0.4 is 9.47 Å². The summed E-state index contributed by atoms with van der Waals surface area (Å²) in [6.07, 6.45) is 2.40. The molecule has 0 aromatic heterocycles. The Bertz CT molecular complexity index is 739. The molecule has 2 aromatic carbocycles. The molecule has 0 aliphatic rings. The Balaban J connectivity index is 1.86. The molecule has 0 fully saturated rings. The van der Waals surface area contributed by atoms with Crippen molar-refractivity contribution in [3.63, 3.8) is 0 Å². The van der Waals surface area contributed by atoms with Crippen LogP contribution in [-0.4, -0.2) is 37.9 Å². The van der Waals surface area contributed by atoms with Crippen LogP contribution in [0.2, 0.25) is 0 Å². The standard InChI is InChI=1S/C22H30O4P2/c1-17(15-19-9-5-7-11-21(19)25-3)27(23)13-14-28(24)18(2)16-20-10-6-8-12-22(20)26-4/h5-12,17-18H,13-16H2,1-4H3/q+2. The van der Waals surface area contributed by atoms with E-state index >= 15 is 0 Å². The predicted octanol–water partition coefficient (Wildman–Crippen LogP) is 5.92. The lowest BCUT2D eigenvalue weighted by atomic mass is 10.1. The maximum Gasteiger partial charge on any atom is 0.346 e. The molecule has 2 aromatic rings. The number of methoxy groups -OCH3 is 2. The molecule has 0 N–H and O–H groups in total. The molecule has 6 heteroatoms. The van der Waals surface area contributed by atoms with Gasteiger partial charge in [0.25, 0.3) is 0 Å². The van der Waals surface area contributed by atoms with E-state index in [-0.39, 0.29) is 11.3 Å². The van der Waals surface area contributed by atoms with Crippen molar-refractivity contribution in [1.29, 1.82) is 0 Å². The molecule has 28 heavy (non-hydrogen) atoms. The molecule has 0 radical (unpaired) electrons. The number of hydrogen-bond acceptors (Lipinski definition) is 4. The second kappa shape index (κ2) is 11.3. The van der Waals surface area contributed by atoms with Gasteiger partial charge in [-0.15, -0.1) is 0 Å². The van der Waals surface area contributed by atoms with Gasteiger partial charge in [0, 0.05) is 12.8 Å². The molecule has 0 spiro atoms. The highest BCUT2D eigenvalue weighted by Crippen LogP contribution is 2.38. The summed E-state index contributed by atoms with van der Waals surface area (Å²) in [5.74, 6) is 1.66. The van der Waals surface area contributed by atoms with Gasteiger partial charge >= 0.3 is 15.6 Å². The smallest absolute Gasteiger partial charge is 0.346 e. The molecular formula is C22H30O4P2+2. The van der Waals surface area contributed by atoms with Gasteiger partial charge in [0.1, 0.15) is 11.5 Å². The highest BCUT2D eigenvalue weighted by atomic mass is 31.1. The summed E-state index contributed by atoms with van der Waals surface area (Å²) >= 11 is 0. The summed E-state index contributed by atoms with van der Waals surface area (Å²) in [7, 11) is 0.455. The van der Waals surface area contributed by atoms with E-state index in [1.54, 1.807) is 14.2 Å². The summed E-state index contributed by atoms with van der Waals surface area (Å²) in [5.41, 5.74) is 2.18. The van der Waals surface area contributed by atoms with Crippen molar-refractivity contribution in [1.82, 2.24) is 0 Å². The third-order valence-electron chi connectivity index (χ3n) is 4.94. The van der Waals surface area contributed by atoms with Gasteiger partial charge in [-0.1, -0.05) is 45.5 Å². The fraction of sp³-hybridized carbons (Fsp3) is 0.455. The first-order chi connectivity index (χ1) is 13.5. The van der Waals surface area contributed by atoms with Gasteiger partial charge in [-0.25, -0.2) is 0 Å². The van der Waals surface area contributed by atoms with Crippen LogP contribution in [0.5, 0.6) is 11.5 Å². The van der Waals surface area contributed by atoms with Gasteiger partial charge in [-0.05, 0) is 37.1 Å². The molecule has 0 amide bonds. The quantitative estimate of drug-likeness (QED) is 0.424. The van der Waals surface area contributed by atoms with Gasteiger partial charge in [-0.3, -0.25) is 0 Å². The van der Waals surface area contributed by atoms with Crippen LogP contribution in [0.15, 0.2) is 48.5 Å². The van der Waals surface area contributed by atoms with Crippen LogP contribution in [0, 0.1) is 0 Å². The van der Waals surface area contributed by atoms with Crippen molar-refractivity contribution in [2.45, 2.75) is 38.0 Å². The van der Waals surface area contributed by atoms with Crippen molar-refractivity contribution in [3.05, 3.63) is 59.7 Å². The summed E-state index contributed by atoms with van der Waals surface area (Å²) in [6.45, 7) is 3.99. The topological polar surface area (TPSA) is 52.6 Å². The Morgan fingerprint density at radius 3 is 1.43 bits per heavy atom. The Labute approximate surface area is 170 Å². The maximum atomic E-state index is 12.7. The zero-order valence-corrected chi connectivity index (χ0v) is 18.9. The molecule has 4 unspecified atom stereocenters. The number of para-hydroxylation sites is 2. The Morgan fingerprint density at radius 2 is 1.07 bits per heavy atom. The second-order valence-corrected chi connectivity index (χ2v) is 11.3. The summed E-state index contributed by atoms with van der Waals surface area (Å²) < 4.78 is 36.1. The van der Waals surface area contributed by atoms with E-state index in [0.717, 1.165) is 22.6 Å². The minimum absolute atomic E-state index is 0.0271. The normalized spacial score (nSPS) is 14.1. The van der Waals surface area contributed by atoms with E-state index in [1.165, 1.54) is 0 Å². The SMILES string of the molecule is COc1ccccc1CC(C)[P+](=O)CC[P+](=O)C(C)Cc1ccccc1OC. The van der Waals surface area contributed by atoms with E-state index in [1.807, 2.05) is 62.4 Å². The number of hydrogen-bond donors (Lipinski definition) is 0. The first-order valence-corrected chi connectivity index (χ1v) is 12.6.